The molecule has 28 heavy (non-hydrogen) atoms. The molecule has 0 radical (unpaired) electrons. The van der Waals surface area contributed by atoms with Crippen molar-refractivity contribution >= 4 is 16.7 Å². The van der Waals surface area contributed by atoms with Crippen molar-refractivity contribution in [1.29, 1.82) is 0 Å². The van der Waals surface area contributed by atoms with Crippen molar-refractivity contribution in [2.45, 2.75) is 46.1 Å². The molecule has 0 amide bonds. The second-order valence-corrected chi connectivity index (χ2v) is 7.25. The largest absolute Gasteiger partial charge is 0.385 e. The van der Waals surface area contributed by atoms with Gasteiger partial charge in [0, 0.05) is 31.3 Å². The second kappa shape index (κ2) is 8.13. The molecule has 0 saturated carbocycles. The molecule has 5 heteroatoms. The molecule has 0 aliphatic carbocycles. The van der Waals surface area contributed by atoms with Gasteiger partial charge < -0.3 is 9.88 Å². The summed E-state index contributed by atoms with van der Waals surface area (Å²) in [6, 6.07) is 12.7. The standard InChI is InChI=1S/C23H27F2N3/c1-5-6-13-26-16(2)18-11-12-22-21(14-18)27-17(3)28(22)15-19-9-7-8-10-20(19)23(4,24)25/h7-12,14,26H,2,5-6,13,15H2,1,3-4H3. The molecule has 3 nitrogen and oxygen atoms in total. The second-order valence-electron chi connectivity index (χ2n) is 7.25. The minimum Gasteiger partial charge on any atom is -0.385 e. The maximum atomic E-state index is 14.0. The molecular weight excluding hydrogens is 356 g/mol. The van der Waals surface area contributed by atoms with Crippen LogP contribution in [0.2, 0.25) is 0 Å². The van der Waals surface area contributed by atoms with Gasteiger partial charge in [-0.15, -0.1) is 0 Å². The highest BCUT2D eigenvalue weighted by atomic mass is 19.3. The summed E-state index contributed by atoms with van der Waals surface area (Å²) in [4.78, 5) is 4.65. The topological polar surface area (TPSA) is 29.9 Å². The Bertz CT molecular complexity index is 983. The Morgan fingerprint density at radius 3 is 2.68 bits per heavy atom. The molecular formula is C23H27F2N3. The summed E-state index contributed by atoms with van der Waals surface area (Å²) in [5, 5.41) is 3.34. The van der Waals surface area contributed by atoms with Crippen LogP contribution in [0.3, 0.4) is 0 Å². The lowest BCUT2D eigenvalue weighted by atomic mass is 10.0. The van der Waals surface area contributed by atoms with Gasteiger partial charge in [0.2, 0.25) is 0 Å². The minimum atomic E-state index is -2.88. The van der Waals surface area contributed by atoms with Crippen LogP contribution in [-0.4, -0.2) is 16.1 Å². The average molecular weight is 383 g/mol. The van der Waals surface area contributed by atoms with Crippen molar-refractivity contribution in [3.63, 3.8) is 0 Å². The molecule has 0 aliphatic rings. The predicted molar refractivity (Wildman–Crippen MR) is 112 cm³/mol. The SMILES string of the molecule is C=C(NCCCC)c1ccc2c(c1)nc(C)n2Cc1ccccc1C(C)(F)F. The summed E-state index contributed by atoms with van der Waals surface area (Å²) in [6.07, 6.45) is 2.22. The molecule has 0 unspecified atom stereocenters. The molecule has 3 rings (SSSR count). The van der Waals surface area contributed by atoms with Gasteiger partial charge in [-0.2, -0.15) is 0 Å². The molecule has 0 aliphatic heterocycles. The molecule has 2 aromatic carbocycles. The average Bonchev–Trinajstić information content (AvgIpc) is 2.96. The third-order valence-electron chi connectivity index (χ3n) is 4.98. The smallest absolute Gasteiger partial charge is 0.270 e. The summed E-state index contributed by atoms with van der Waals surface area (Å²) in [5.74, 6) is -2.08. The normalized spacial score (nSPS) is 11.8. The van der Waals surface area contributed by atoms with Crippen LogP contribution in [-0.2, 0) is 12.5 Å². The van der Waals surface area contributed by atoms with E-state index in [1.807, 2.05) is 29.7 Å². The molecule has 148 valence electrons. The van der Waals surface area contributed by atoms with Crippen LogP contribution in [0.15, 0.2) is 49.0 Å². The lowest BCUT2D eigenvalue weighted by molar-refractivity contribution is 0.0164. The fraction of sp³-hybridized carbons (Fsp3) is 0.348. The van der Waals surface area contributed by atoms with Crippen molar-refractivity contribution in [2.24, 2.45) is 0 Å². The third kappa shape index (κ3) is 4.24. The fourth-order valence-electron chi connectivity index (χ4n) is 3.41. The van der Waals surface area contributed by atoms with E-state index in [9.17, 15) is 8.78 Å². The molecule has 0 saturated heterocycles. The van der Waals surface area contributed by atoms with E-state index in [0.29, 0.717) is 12.1 Å². The molecule has 1 heterocycles. The Hall–Kier alpha value is -2.69. The van der Waals surface area contributed by atoms with Gasteiger partial charge in [-0.25, -0.2) is 13.8 Å². The maximum absolute atomic E-state index is 14.0. The van der Waals surface area contributed by atoms with E-state index in [1.165, 1.54) is 6.07 Å². The number of alkyl halides is 2. The highest BCUT2D eigenvalue weighted by Crippen LogP contribution is 2.31. The first kappa shape index (κ1) is 20.1. The van der Waals surface area contributed by atoms with Crippen LogP contribution >= 0.6 is 0 Å². The number of rotatable bonds is 8. The van der Waals surface area contributed by atoms with Crippen LogP contribution in [0.25, 0.3) is 16.7 Å². The van der Waals surface area contributed by atoms with Crippen LogP contribution in [0.1, 0.15) is 49.2 Å². The van der Waals surface area contributed by atoms with E-state index in [1.54, 1.807) is 18.2 Å². The summed E-state index contributed by atoms with van der Waals surface area (Å²) in [6.45, 7) is 10.4. The molecule has 0 spiro atoms. The van der Waals surface area contributed by atoms with Gasteiger partial charge >= 0.3 is 0 Å². The first-order valence-corrected chi connectivity index (χ1v) is 9.67. The number of unbranched alkanes of at least 4 members (excludes halogenated alkanes) is 1. The molecule has 3 aromatic rings. The van der Waals surface area contributed by atoms with Gasteiger partial charge in [0.15, 0.2) is 0 Å². The zero-order valence-electron chi connectivity index (χ0n) is 16.7. The number of aryl methyl sites for hydroxylation is 1. The number of benzene rings is 2. The van der Waals surface area contributed by atoms with E-state index < -0.39 is 5.92 Å². The van der Waals surface area contributed by atoms with Gasteiger partial charge in [-0.05, 0) is 36.6 Å². The lowest BCUT2D eigenvalue weighted by Gasteiger charge is -2.17. The number of nitrogens with one attached hydrogen (secondary N) is 1. The Kier molecular flexibility index (Phi) is 5.82. The monoisotopic (exact) mass is 383 g/mol. The van der Waals surface area contributed by atoms with Crippen LogP contribution < -0.4 is 5.32 Å². The van der Waals surface area contributed by atoms with Gasteiger partial charge in [0.25, 0.3) is 5.92 Å². The van der Waals surface area contributed by atoms with Gasteiger partial charge in [0.05, 0.1) is 11.0 Å². The quantitative estimate of drug-likeness (QED) is 0.493. The first-order chi connectivity index (χ1) is 13.3. The number of hydrogen-bond donors (Lipinski definition) is 1. The van der Waals surface area contributed by atoms with E-state index in [2.05, 4.69) is 23.8 Å². The Labute approximate surface area is 165 Å². The van der Waals surface area contributed by atoms with E-state index in [-0.39, 0.29) is 5.56 Å². The van der Waals surface area contributed by atoms with Crippen molar-refractivity contribution in [3.8, 4) is 0 Å². The number of imidazole rings is 1. The maximum Gasteiger partial charge on any atom is 0.270 e. The highest BCUT2D eigenvalue weighted by molar-refractivity contribution is 5.81. The Morgan fingerprint density at radius 2 is 1.96 bits per heavy atom. The van der Waals surface area contributed by atoms with Crippen molar-refractivity contribution in [2.75, 3.05) is 6.54 Å². The fourth-order valence-corrected chi connectivity index (χ4v) is 3.41. The number of nitrogens with zero attached hydrogens (tertiary/aromatic N) is 2. The Morgan fingerprint density at radius 1 is 1.21 bits per heavy atom. The van der Waals surface area contributed by atoms with Crippen LogP contribution in [0.5, 0.6) is 0 Å². The van der Waals surface area contributed by atoms with Gasteiger partial charge in [-0.1, -0.05) is 50.3 Å². The third-order valence-corrected chi connectivity index (χ3v) is 4.98. The van der Waals surface area contributed by atoms with E-state index in [4.69, 9.17) is 0 Å². The van der Waals surface area contributed by atoms with Gasteiger partial charge in [-0.3, -0.25) is 0 Å². The Balaban J connectivity index is 1.92. The molecule has 0 atom stereocenters. The minimum absolute atomic E-state index is 0.0568. The van der Waals surface area contributed by atoms with E-state index in [0.717, 1.165) is 54.4 Å². The summed E-state index contributed by atoms with van der Waals surface area (Å²) >= 11 is 0. The number of hydrogen-bond acceptors (Lipinski definition) is 2. The number of aromatic nitrogens is 2. The highest BCUT2D eigenvalue weighted by Gasteiger charge is 2.27. The summed E-state index contributed by atoms with van der Waals surface area (Å²) < 4.78 is 30.0. The summed E-state index contributed by atoms with van der Waals surface area (Å²) in [7, 11) is 0. The predicted octanol–water partition coefficient (Wildman–Crippen LogP) is 5.87. The molecule has 1 aromatic heterocycles. The van der Waals surface area contributed by atoms with Crippen molar-refractivity contribution in [1.82, 2.24) is 14.9 Å². The van der Waals surface area contributed by atoms with Crippen molar-refractivity contribution < 1.29 is 8.78 Å². The molecule has 0 fully saturated rings. The summed E-state index contributed by atoms with van der Waals surface area (Å²) in [5.41, 5.74) is 4.30. The van der Waals surface area contributed by atoms with Crippen LogP contribution in [0.4, 0.5) is 8.78 Å². The lowest BCUT2D eigenvalue weighted by Crippen LogP contribution is -2.13. The number of fused-ring (bicyclic) bond motifs is 1. The molecule has 0 bridgehead atoms. The first-order valence-electron chi connectivity index (χ1n) is 9.67. The number of halogens is 2. The zero-order chi connectivity index (χ0) is 20.3. The van der Waals surface area contributed by atoms with Crippen molar-refractivity contribution in [3.05, 3.63) is 71.6 Å². The van der Waals surface area contributed by atoms with E-state index >= 15 is 0 Å². The van der Waals surface area contributed by atoms with Gasteiger partial charge in [0.1, 0.15) is 5.82 Å². The molecule has 1 N–H and O–H groups in total. The van der Waals surface area contributed by atoms with Crippen LogP contribution in [0, 0.1) is 6.92 Å². The zero-order valence-corrected chi connectivity index (χ0v) is 16.7.